The number of hydrogen-bond acceptors (Lipinski definition) is 2. The van der Waals surface area contributed by atoms with Gasteiger partial charge in [0.1, 0.15) is 0 Å². The van der Waals surface area contributed by atoms with Gasteiger partial charge < -0.3 is 11.1 Å². The Kier molecular flexibility index (Phi) is 14.6. The van der Waals surface area contributed by atoms with Crippen molar-refractivity contribution in [2.45, 2.75) is 27.2 Å². The number of thiocarbonyl (C=S) groups is 1. The van der Waals surface area contributed by atoms with Gasteiger partial charge in [0.2, 0.25) is 0 Å². The number of hydrogen-bond donors (Lipinski definition) is 2. The Morgan fingerprint density at radius 3 is 1.50 bits per heavy atom. The highest BCUT2D eigenvalue weighted by molar-refractivity contribution is 7.80. The van der Waals surface area contributed by atoms with Crippen molar-refractivity contribution >= 4 is 17.2 Å². The van der Waals surface area contributed by atoms with Gasteiger partial charge in [0.05, 0.1) is 4.99 Å². The first kappa shape index (κ1) is 12.5. The van der Waals surface area contributed by atoms with Crippen LogP contribution in [0.25, 0.3) is 0 Å². The number of nitrogens with one attached hydrogen (secondary N) is 1. The number of rotatable bonds is 0. The molecule has 0 amide bonds. The molecule has 1 saturated heterocycles. The fourth-order valence-corrected chi connectivity index (χ4v) is 0.177. The van der Waals surface area contributed by atoms with Crippen LogP contribution >= 0.6 is 12.2 Å². The van der Waals surface area contributed by atoms with Crippen LogP contribution in [-0.4, -0.2) is 18.1 Å². The summed E-state index contributed by atoms with van der Waals surface area (Å²) in [6, 6.07) is 0. The van der Waals surface area contributed by atoms with E-state index in [1.54, 1.807) is 6.92 Å². The second-order valence-electron chi connectivity index (χ2n) is 1.71. The molecule has 10 heavy (non-hydrogen) atoms. The van der Waals surface area contributed by atoms with Crippen molar-refractivity contribution in [3.8, 4) is 0 Å². The van der Waals surface area contributed by atoms with Crippen LogP contribution in [0.15, 0.2) is 0 Å². The van der Waals surface area contributed by atoms with Gasteiger partial charge >= 0.3 is 0 Å². The van der Waals surface area contributed by atoms with E-state index in [0.717, 1.165) is 0 Å². The van der Waals surface area contributed by atoms with Crippen molar-refractivity contribution in [2.24, 2.45) is 5.73 Å². The molecule has 0 spiro atoms. The molecule has 62 valence electrons. The van der Waals surface area contributed by atoms with Gasteiger partial charge in [-0.1, -0.05) is 26.1 Å². The zero-order chi connectivity index (χ0) is 8.41. The lowest BCUT2D eigenvalue weighted by Crippen LogP contribution is -2.29. The first-order valence-electron chi connectivity index (χ1n) is 3.70. The first-order chi connectivity index (χ1) is 4.73. The van der Waals surface area contributed by atoms with E-state index in [-0.39, 0.29) is 0 Å². The normalized spacial score (nSPS) is 12.7. The molecule has 0 atom stereocenters. The second-order valence-corrected chi connectivity index (χ2v) is 2.36. The van der Waals surface area contributed by atoms with Crippen molar-refractivity contribution in [3.05, 3.63) is 0 Å². The molecule has 1 aliphatic heterocycles. The van der Waals surface area contributed by atoms with E-state index in [9.17, 15) is 0 Å². The summed E-state index contributed by atoms with van der Waals surface area (Å²) >= 11 is 4.31. The summed E-state index contributed by atoms with van der Waals surface area (Å²) < 4.78 is 0. The molecule has 0 aromatic heterocycles. The summed E-state index contributed by atoms with van der Waals surface area (Å²) in [7, 11) is 0. The first-order valence-corrected chi connectivity index (χ1v) is 4.11. The summed E-state index contributed by atoms with van der Waals surface area (Å²) in [4.78, 5) is 0.500. The van der Waals surface area contributed by atoms with Crippen LogP contribution in [0.1, 0.15) is 27.2 Å². The third kappa shape index (κ3) is 24.9. The Morgan fingerprint density at radius 2 is 1.50 bits per heavy atom. The largest absolute Gasteiger partial charge is 0.394 e. The van der Waals surface area contributed by atoms with Gasteiger partial charge in [0.15, 0.2) is 0 Å². The summed E-state index contributed by atoms with van der Waals surface area (Å²) in [5.41, 5.74) is 4.84. The van der Waals surface area contributed by atoms with Crippen molar-refractivity contribution in [3.63, 3.8) is 0 Å². The fourth-order valence-electron chi connectivity index (χ4n) is 0.177. The maximum absolute atomic E-state index is 4.84. The minimum Gasteiger partial charge on any atom is -0.394 e. The van der Waals surface area contributed by atoms with Gasteiger partial charge in [-0.15, -0.1) is 0 Å². The molecule has 3 N–H and O–H groups in total. The summed E-state index contributed by atoms with van der Waals surface area (Å²) in [6.07, 6.45) is 1.39. The lowest BCUT2D eigenvalue weighted by Gasteiger charge is -2.09. The maximum atomic E-state index is 4.84. The number of nitrogens with two attached hydrogens (primary N) is 1. The summed E-state index contributed by atoms with van der Waals surface area (Å²) in [5, 5.41) is 3.11. The SMILES string of the molecule is C1CNC1.CC.CC(N)=S. The lowest BCUT2D eigenvalue weighted by atomic mass is 10.3. The molecule has 0 aromatic carbocycles. The topological polar surface area (TPSA) is 38.0 Å². The van der Waals surface area contributed by atoms with Crippen molar-refractivity contribution in [2.75, 3.05) is 13.1 Å². The van der Waals surface area contributed by atoms with E-state index in [2.05, 4.69) is 17.5 Å². The molecular weight excluding hydrogens is 144 g/mol. The molecule has 3 heteroatoms. The van der Waals surface area contributed by atoms with Crippen LogP contribution < -0.4 is 11.1 Å². The van der Waals surface area contributed by atoms with Gasteiger partial charge in [-0.25, -0.2) is 0 Å². The van der Waals surface area contributed by atoms with Crippen molar-refractivity contribution in [1.82, 2.24) is 5.32 Å². The molecule has 0 unspecified atom stereocenters. The van der Waals surface area contributed by atoms with Crippen molar-refractivity contribution < 1.29 is 0 Å². The second kappa shape index (κ2) is 11.6. The smallest absolute Gasteiger partial charge is 0.0695 e. The molecule has 1 fully saturated rings. The van der Waals surface area contributed by atoms with Crippen LogP contribution in [0, 0.1) is 0 Å². The molecule has 2 nitrogen and oxygen atoms in total. The van der Waals surface area contributed by atoms with Gasteiger partial charge in [0.25, 0.3) is 0 Å². The fraction of sp³-hybridized carbons (Fsp3) is 0.857. The highest BCUT2D eigenvalue weighted by atomic mass is 32.1. The van der Waals surface area contributed by atoms with Crippen LogP contribution in [0.2, 0.25) is 0 Å². The highest BCUT2D eigenvalue weighted by Crippen LogP contribution is 1.80. The molecular formula is C7H18N2S. The average molecular weight is 162 g/mol. The molecule has 0 bridgehead atoms. The molecule has 1 rings (SSSR count). The monoisotopic (exact) mass is 162 g/mol. The van der Waals surface area contributed by atoms with Crippen molar-refractivity contribution in [1.29, 1.82) is 0 Å². The predicted octanol–water partition coefficient (Wildman–Crippen LogP) is 1.30. The minimum atomic E-state index is 0.500. The average Bonchev–Trinajstić information content (AvgIpc) is 1.63. The molecule has 0 aliphatic carbocycles. The van der Waals surface area contributed by atoms with E-state index in [1.165, 1.54) is 19.5 Å². The molecule has 0 aromatic rings. The van der Waals surface area contributed by atoms with E-state index < -0.39 is 0 Å². The molecule has 0 saturated carbocycles. The Bertz CT molecular complexity index is 62.0. The van der Waals surface area contributed by atoms with Gasteiger partial charge in [0, 0.05) is 0 Å². The predicted molar refractivity (Wildman–Crippen MR) is 51.3 cm³/mol. The summed E-state index contributed by atoms with van der Waals surface area (Å²) in [5.74, 6) is 0. The standard InChI is InChI=1S/C3H7N.C2H5NS.C2H6/c1-2-4-3-1;1-2(3)4;1-2/h4H,1-3H2;1H3,(H2,3,4);1-2H3. The van der Waals surface area contributed by atoms with Crippen LogP contribution in [0.5, 0.6) is 0 Å². The Morgan fingerprint density at radius 1 is 1.40 bits per heavy atom. The molecule has 1 aliphatic rings. The summed E-state index contributed by atoms with van der Waals surface area (Å²) in [6.45, 7) is 8.18. The Balaban J connectivity index is 0. The van der Waals surface area contributed by atoms with Gasteiger partial charge in [-0.2, -0.15) is 0 Å². The zero-order valence-electron chi connectivity index (χ0n) is 7.11. The van der Waals surface area contributed by atoms with Gasteiger partial charge in [-0.3, -0.25) is 0 Å². The molecule has 1 heterocycles. The van der Waals surface area contributed by atoms with Crippen LogP contribution in [0.3, 0.4) is 0 Å². The van der Waals surface area contributed by atoms with E-state index in [0.29, 0.717) is 4.99 Å². The van der Waals surface area contributed by atoms with Gasteiger partial charge in [-0.05, 0) is 26.4 Å². The lowest BCUT2D eigenvalue weighted by molar-refractivity contribution is 0.527. The third-order valence-electron chi connectivity index (χ3n) is 0.707. The van der Waals surface area contributed by atoms with Crippen LogP contribution in [-0.2, 0) is 0 Å². The minimum absolute atomic E-state index is 0.500. The maximum Gasteiger partial charge on any atom is 0.0695 e. The Labute approximate surface area is 69.2 Å². The van der Waals surface area contributed by atoms with Crippen LogP contribution in [0.4, 0.5) is 0 Å². The van der Waals surface area contributed by atoms with E-state index in [1.807, 2.05) is 13.8 Å². The highest BCUT2D eigenvalue weighted by Gasteiger charge is 1.92. The quantitative estimate of drug-likeness (QED) is 0.527. The zero-order valence-corrected chi connectivity index (χ0v) is 7.92. The third-order valence-corrected chi connectivity index (χ3v) is 0.707. The van der Waals surface area contributed by atoms with E-state index >= 15 is 0 Å². The van der Waals surface area contributed by atoms with E-state index in [4.69, 9.17) is 5.73 Å². The molecule has 0 radical (unpaired) electrons. The Hall–Kier alpha value is -0.150.